The highest BCUT2D eigenvalue weighted by Crippen LogP contribution is 2.42. The summed E-state index contributed by atoms with van der Waals surface area (Å²) in [6.07, 6.45) is -1.04. The Bertz CT molecular complexity index is 734. The van der Waals surface area contributed by atoms with Crippen LogP contribution in [0.5, 0.6) is 0 Å². The average molecular weight is 269 g/mol. The third-order valence-electron chi connectivity index (χ3n) is 2.88. The molecule has 2 N–H and O–H groups in total. The summed E-state index contributed by atoms with van der Waals surface area (Å²) < 4.78 is 1.07. The Morgan fingerprint density at radius 3 is 2.42 bits per heavy atom. The first-order valence-electron chi connectivity index (χ1n) is 5.82. The van der Waals surface area contributed by atoms with E-state index in [1.165, 1.54) is 11.3 Å². The molecule has 1 aromatic heterocycles. The highest BCUT2D eigenvalue weighted by Gasteiger charge is 2.14. The zero-order valence-corrected chi connectivity index (χ0v) is 10.8. The van der Waals surface area contributed by atoms with Crippen molar-refractivity contribution in [2.75, 3.05) is 5.32 Å². The maximum atomic E-state index is 10.9. The molecule has 1 amide bonds. The van der Waals surface area contributed by atoms with Crippen molar-refractivity contribution in [2.45, 2.75) is 0 Å². The summed E-state index contributed by atoms with van der Waals surface area (Å²) in [5.41, 5.74) is 1.97. The van der Waals surface area contributed by atoms with E-state index in [1.54, 1.807) is 0 Å². The molecule has 94 valence electrons. The molecule has 0 aliphatic heterocycles. The van der Waals surface area contributed by atoms with Gasteiger partial charge in [-0.3, -0.25) is 5.32 Å². The zero-order valence-electron chi connectivity index (χ0n) is 9.96. The maximum Gasteiger partial charge on any atom is 0.409 e. The standard InChI is InChI=1S/C15H11NO2S/c17-15(18)16-14-13(10-6-2-1-3-7-10)11-8-4-5-9-12(11)19-14/h1-9,16H,(H,17,18). The molecular weight excluding hydrogens is 258 g/mol. The normalized spacial score (nSPS) is 10.5. The van der Waals surface area contributed by atoms with Gasteiger partial charge >= 0.3 is 6.09 Å². The zero-order chi connectivity index (χ0) is 13.2. The van der Waals surface area contributed by atoms with Crippen LogP contribution in [0.4, 0.5) is 9.80 Å². The lowest BCUT2D eigenvalue weighted by atomic mass is 10.0. The number of hydrogen-bond donors (Lipinski definition) is 2. The van der Waals surface area contributed by atoms with E-state index in [1.807, 2.05) is 54.6 Å². The van der Waals surface area contributed by atoms with E-state index in [-0.39, 0.29) is 0 Å². The second-order valence-corrected chi connectivity index (χ2v) is 5.15. The average Bonchev–Trinajstić information content (AvgIpc) is 2.76. The lowest BCUT2D eigenvalue weighted by molar-refractivity contribution is 0.210. The molecule has 19 heavy (non-hydrogen) atoms. The number of carbonyl (C=O) groups is 1. The van der Waals surface area contributed by atoms with Gasteiger partial charge in [0.05, 0.1) is 0 Å². The summed E-state index contributed by atoms with van der Waals surface area (Å²) in [6.45, 7) is 0. The van der Waals surface area contributed by atoms with Crippen molar-refractivity contribution in [3.8, 4) is 11.1 Å². The quantitative estimate of drug-likeness (QED) is 0.711. The van der Waals surface area contributed by atoms with Gasteiger partial charge in [0.2, 0.25) is 0 Å². The fourth-order valence-corrected chi connectivity index (χ4v) is 3.24. The molecule has 4 heteroatoms. The van der Waals surface area contributed by atoms with Gasteiger partial charge in [0, 0.05) is 15.6 Å². The van der Waals surface area contributed by atoms with Gasteiger partial charge in [0.1, 0.15) is 5.00 Å². The van der Waals surface area contributed by atoms with Gasteiger partial charge in [-0.15, -0.1) is 11.3 Å². The molecule has 0 bridgehead atoms. The highest BCUT2D eigenvalue weighted by molar-refractivity contribution is 7.23. The highest BCUT2D eigenvalue weighted by atomic mass is 32.1. The molecule has 0 unspecified atom stereocenters. The number of hydrogen-bond acceptors (Lipinski definition) is 2. The molecule has 3 aromatic rings. The number of amides is 1. The van der Waals surface area contributed by atoms with Gasteiger partial charge in [0.25, 0.3) is 0 Å². The Balaban J connectivity index is 2.27. The second-order valence-electron chi connectivity index (χ2n) is 4.10. The van der Waals surface area contributed by atoms with Crippen LogP contribution in [0.1, 0.15) is 0 Å². The van der Waals surface area contributed by atoms with Crippen LogP contribution in [-0.4, -0.2) is 11.2 Å². The molecule has 0 spiro atoms. The minimum absolute atomic E-state index is 0.667. The molecule has 0 aliphatic carbocycles. The summed E-state index contributed by atoms with van der Waals surface area (Å²) in [5.74, 6) is 0. The number of anilines is 1. The van der Waals surface area contributed by atoms with Crippen LogP contribution < -0.4 is 5.32 Å². The Kier molecular flexibility index (Phi) is 2.93. The largest absolute Gasteiger partial charge is 0.465 e. The van der Waals surface area contributed by atoms with Crippen LogP contribution in [0.3, 0.4) is 0 Å². The first kappa shape index (κ1) is 11.7. The smallest absolute Gasteiger partial charge is 0.409 e. The number of benzene rings is 2. The Hall–Kier alpha value is -2.33. The predicted molar refractivity (Wildman–Crippen MR) is 78.9 cm³/mol. The molecule has 0 aliphatic rings. The molecule has 1 heterocycles. The second kappa shape index (κ2) is 4.74. The molecule has 0 fully saturated rings. The van der Waals surface area contributed by atoms with Crippen LogP contribution in [0, 0.1) is 0 Å². The maximum absolute atomic E-state index is 10.9. The predicted octanol–water partition coefficient (Wildman–Crippen LogP) is 4.66. The van der Waals surface area contributed by atoms with E-state index >= 15 is 0 Å². The fraction of sp³-hybridized carbons (Fsp3) is 0. The van der Waals surface area contributed by atoms with Gasteiger partial charge in [-0.2, -0.15) is 0 Å². The monoisotopic (exact) mass is 269 g/mol. The molecule has 0 atom stereocenters. The van der Waals surface area contributed by atoms with Crippen molar-refractivity contribution in [2.24, 2.45) is 0 Å². The van der Waals surface area contributed by atoms with Gasteiger partial charge in [-0.05, 0) is 11.6 Å². The number of thiophene rings is 1. The summed E-state index contributed by atoms with van der Waals surface area (Å²) in [7, 11) is 0. The van der Waals surface area contributed by atoms with Gasteiger partial charge in [-0.1, -0.05) is 48.5 Å². The molecule has 0 radical (unpaired) electrons. The molecule has 2 aromatic carbocycles. The SMILES string of the molecule is O=C(O)Nc1sc2ccccc2c1-c1ccccc1. The first-order chi connectivity index (χ1) is 9.25. The Morgan fingerprint density at radius 2 is 1.68 bits per heavy atom. The number of rotatable bonds is 2. The third kappa shape index (κ3) is 2.18. The van der Waals surface area contributed by atoms with E-state index in [0.717, 1.165) is 21.2 Å². The van der Waals surface area contributed by atoms with Crippen LogP contribution >= 0.6 is 11.3 Å². The minimum atomic E-state index is -1.04. The van der Waals surface area contributed by atoms with E-state index in [2.05, 4.69) is 5.32 Å². The lowest BCUT2D eigenvalue weighted by Gasteiger charge is -2.04. The van der Waals surface area contributed by atoms with E-state index < -0.39 is 6.09 Å². The summed E-state index contributed by atoms with van der Waals surface area (Å²) in [6, 6.07) is 17.8. The van der Waals surface area contributed by atoms with Crippen LogP contribution in [0.2, 0.25) is 0 Å². The summed E-state index contributed by atoms with van der Waals surface area (Å²) in [4.78, 5) is 10.9. The molecule has 3 nitrogen and oxygen atoms in total. The molecule has 0 saturated heterocycles. The number of fused-ring (bicyclic) bond motifs is 1. The van der Waals surface area contributed by atoms with Crippen molar-refractivity contribution in [1.82, 2.24) is 0 Å². The van der Waals surface area contributed by atoms with Crippen LogP contribution in [0.15, 0.2) is 54.6 Å². The van der Waals surface area contributed by atoms with E-state index in [0.29, 0.717) is 5.00 Å². The Labute approximate surface area is 114 Å². The van der Waals surface area contributed by atoms with Crippen molar-refractivity contribution >= 4 is 32.5 Å². The summed E-state index contributed by atoms with van der Waals surface area (Å²) in [5, 5.41) is 13.2. The van der Waals surface area contributed by atoms with Crippen molar-refractivity contribution in [3.05, 3.63) is 54.6 Å². The van der Waals surface area contributed by atoms with Gasteiger partial charge < -0.3 is 5.11 Å². The van der Waals surface area contributed by atoms with Crippen molar-refractivity contribution < 1.29 is 9.90 Å². The number of carboxylic acid groups (broad SMARTS) is 1. The van der Waals surface area contributed by atoms with Gasteiger partial charge in [0.15, 0.2) is 0 Å². The fourth-order valence-electron chi connectivity index (χ4n) is 2.12. The lowest BCUT2D eigenvalue weighted by Crippen LogP contribution is -2.06. The van der Waals surface area contributed by atoms with Crippen LogP contribution in [0.25, 0.3) is 21.2 Å². The minimum Gasteiger partial charge on any atom is -0.465 e. The number of nitrogens with one attached hydrogen (secondary N) is 1. The first-order valence-corrected chi connectivity index (χ1v) is 6.64. The van der Waals surface area contributed by atoms with Crippen LogP contribution in [-0.2, 0) is 0 Å². The topological polar surface area (TPSA) is 49.3 Å². The molecule has 3 rings (SSSR count). The molecule has 0 saturated carbocycles. The van der Waals surface area contributed by atoms with Crippen molar-refractivity contribution in [1.29, 1.82) is 0 Å². The molecular formula is C15H11NO2S. The van der Waals surface area contributed by atoms with E-state index in [9.17, 15) is 4.79 Å². The summed E-state index contributed by atoms with van der Waals surface area (Å²) >= 11 is 1.46. The van der Waals surface area contributed by atoms with Gasteiger partial charge in [-0.25, -0.2) is 4.79 Å². The van der Waals surface area contributed by atoms with Crippen molar-refractivity contribution in [3.63, 3.8) is 0 Å². The van der Waals surface area contributed by atoms with E-state index in [4.69, 9.17) is 5.11 Å². The Morgan fingerprint density at radius 1 is 1.00 bits per heavy atom. The third-order valence-corrected chi connectivity index (χ3v) is 3.96.